The minimum absolute atomic E-state index is 0.976. The maximum atomic E-state index is 3.91. The second kappa shape index (κ2) is 3.39. The summed E-state index contributed by atoms with van der Waals surface area (Å²) < 4.78 is 1.71. The second-order valence-corrected chi connectivity index (χ2v) is 2.31. The van der Waals surface area contributed by atoms with Gasteiger partial charge in [0.25, 0.3) is 0 Å². The predicted molar refractivity (Wildman–Crippen MR) is 41.5 cm³/mol. The van der Waals surface area contributed by atoms with Gasteiger partial charge in [0.2, 0.25) is 0 Å². The molecule has 1 heterocycles. The third-order valence-electron chi connectivity index (χ3n) is 1.26. The Morgan fingerprint density at radius 2 is 2.50 bits per heavy atom. The maximum absolute atomic E-state index is 3.91. The van der Waals surface area contributed by atoms with Crippen LogP contribution in [0.2, 0.25) is 6.32 Å². The summed E-state index contributed by atoms with van der Waals surface area (Å²) in [4.78, 5) is 0. The van der Waals surface area contributed by atoms with Gasteiger partial charge in [-0.15, -0.1) is 5.10 Å². The van der Waals surface area contributed by atoms with E-state index in [9.17, 15) is 0 Å². The first-order chi connectivity index (χ1) is 4.83. The lowest BCUT2D eigenvalue weighted by Crippen LogP contribution is -2.14. The zero-order valence-corrected chi connectivity index (χ0v) is 6.41. The Bertz CT molecular complexity index is 197. The summed E-state index contributed by atoms with van der Waals surface area (Å²) in [5, 5.41) is 7.72. The summed E-state index contributed by atoms with van der Waals surface area (Å²) >= 11 is 0. The van der Waals surface area contributed by atoms with Gasteiger partial charge in [0, 0.05) is 18.8 Å². The van der Waals surface area contributed by atoms with Gasteiger partial charge in [-0.3, -0.25) is 4.68 Å². The van der Waals surface area contributed by atoms with Gasteiger partial charge in [-0.25, -0.2) is 0 Å². The number of nitrogens with zero attached hydrogens (tertiary/aromatic N) is 3. The highest BCUT2D eigenvalue weighted by Gasteiger charge is 1.97. The molecule has 0 spiro atoms. The zero-order valence-electron chi connectivity index (χ0n) is 6.41. The van der Waals surface area contributed by atoms with Gasteiger partial charge in [-0.2, -0.15) is 0 Å². The van der Waals surface area contributed by atoms with E-state index >= 15 is 0 Å². The van der Waals surface area contributed by atoms with Crippen LogP contribution in [0.3, 0.4) is 0 Å². The Hall–Kier alpha value is -0.795. The summed E-state index contributed by atoms with van der Waals surface area (Å²) in [6.45, 7) is 2.15. The molecular weight excluding hydrogens is 125 g/mol. The summed E-state index contributed by atoms with van der Waals surface area (Å²) in [7, 11) is 3.96. The van der Waals surface area contributed by atoms with Crippen LogP contribution in [0.4, 0.5) is 0 Å². The first-order valence-electron chi connectivity index (χ1n) is 3.52. The molecule has 1 rings (SSSR count). The minimum atomic E-state index is 0.976. The molecule has 1 aromatic rings. The molecule has 4 heteroatoms. The van der Waals surface area contributed by atoms with Crippen LogP contribution in [0.15, 0.2) is 6.20 Å². The highest BCUT2D eigenvalue weighted by atomic mass is 15.4. The van der Waals surface area contributed by atoms with Crippen molar-refractivity contribution >= 4 is 12.9 Å². The Morgan fingerprint density at radius 1 is 1.70 bits per heavy atom. The van der Waals surface area contributed by atoms with E-state index in [2.05, 4.69) is 24.5 Å². The Kier molecular flexibility index (Phi) is 2.48. The number of rotatable bonds is 3. The van der Waals surface area contributed by atoms with Crippen LogP contribution in [0.25, 0.3) is 0 Å². The van der Waals surface area contributed by atoms with Crippen LogP contribution in [-0.4, -0.2) is 22.3 Å². The molecule has 0 N–H and O–H groups in total. The third-order valence-corrected chi connectivity index (χ3v) is 1.26. The van der Waals surface area contributed by atoms with E-state index in [1.165, 1.54) is 0 Å². The van der Waals surface area contributed by atoms with Crippen molar-refractivity contribution in [1.29, 1.82) is 0 Å². The Labute approximate surface area is 61.7 Å². The van der Waals surface area contributed by atoms with Crippen molar-refractivity contribution in [3.63, 3.8) is 0 Å². The van der Waals surface area contributed by atoms with Crippen molar-refractivity contribution in [2.24, 2.45) is 7.05 Å². The molecule has 0 unspecified atom stereocenters. The van der Waals surface area contributed by atoms with Crippen LogP contribution >= 0.6 is 0 Å². The van der Waals surface area contributed by atoms with Crippen molar-refractivity contribution in [2.45, 2.75) is 19.7 Å². The molecule has 0 atom stereocenters. The average molecular weight is 136 g/mol. The highest BCUT2D eigenvalue weighted by Crippen LogP contribution is 1.83. The van der Waals surface area contributed by atoms with Crippen LogP contribution < -0.4 is 5.59 Å². The molecule has 0 bridgehead atoms. The lowest BCUT2D eigenvalue weighted by molar-refractivity contribution is 0.715. The fourth-order valence-corrected chi connectivity index (χ4v) is 0.751. The lowest BCUT2D eigenvalue weighted by Gasteiger charge is -1.86. The Balaban J connectivity index is 2.42. The molecule has 0 amide bonds. The molecule has 0 aromatic carbocycles. The van der Waals surface area contributed by atoms with E-state index in [4.69, 9.17) is 0 Å². The standard InChI is InChI=1S/C6H11BN3/c1-3-4-7-6-5-10(2)9-8-6/h5H,3-4H2,1-2H3. The van der Waals surface area contributed by atoms with Crippen molar-refractivity contribution < 1.29 is 0 Å². The zero-order chi connectivity index (χ0) is 7.40. The molecule has 0 aliphatic heterocycles. The number of aromatic nitrogens is 3. The number of hydrogen-bond donors (Lipinski definition) is 0. The largest absolute Gasteiger partial charge is 0.256 e. The van der Waals surface area contributed by atoms with Gasteiger partial charge >= 0.3 is 0 Å². The summed E-state index contributed by atoms with van der Waals surface area (Å²) in [5.41, 5.74) is 0.976. The van der Waals surface area contributed by atoms with Crippen molar-refractivity contribution in [1.82, 2.24) is 15.0 Å². The molecular formula is C6H11BN3. The van der Waals surface area contributed by atoms with Crippen molar-refractivity contribution in [3.8, 4) is 0 Å². The first-order valence-corrected chi connectivity index (χ1v) is 3.52. The van der Waals surface area contributed by atoms with E-state index in [-0.39, 0.29) is 0 Å². The molecule has 0 fully saturated rings. The van der Waals surface area contributed by atoms with E-state index in [0.29, 0.717) is 0 Å². The van der Waals surface area contributed by atoms with Gasteiger partial charge in [0.1, 0.15) is 0 Å². The molecule has 0 saturated carbocycles. The quantitative estimate of drug-likeness (QED) is 0.546. The Morgan fingerprint density at radius 3 is 3.00 bits per heavy atom. The predicted octanol–water partition coefficient (Wildman–Crippen LogP) is -0.0271. The van der Waals surface area contributed by atoms with Crippen LogP contribution in [0.1, 0.15) is 13.3 Å². The topological polar surface area (TPSA) is 30.7 Å². The smallest absolute Gasteiger partial charge is 0.182 e. The van der Waals surface area contributed by atoms with Crippen LogP contribution in [-0.2, 0) is 7.05 Å². The molecule has 3 nitrogen and oxygen atoms in total. The lowest BCUT2D eigenvalue weighted by atomic mass is 9.70. The van der Waals surface area contributed by atoms with E-state index in [1.807, 2.05) is 13.2 Å². The molecule has 0 saturated heterocycles. The average Bonchev–Trinajstić information content (AvgIpc) is 2.31. The fraction of sp³-hybridized carbons (Fsp3) is 0.667. The summed E-state index contributed by atoms with van der Waals surface area (Å²) in [6, 6.07) is 0. The molecule has 10 heavy (non-hydrogen) atoms. The third kappa shape index (κ3) is 1.86. The minimum Gasteiger partial charge on any atom is -0.256 e. The van der Waals surface area contributed by atoms with E-state index < -0.39 is 0 Å². The van der Waals surface area contributed by atoms with Gasteiger partial charge in [0.15, 0.2) is 7.28 Å². The molecule has 53 valence electrons. The van der Waals surface area contributed by atoms with Gasteiger partial charge in [-0.1, -0.05) is 24.9 Å². The van der Waals surface area contributed by atoms with Gasteiger partial charge < -0.3 is 0 Å². The summed E-state index contributed by atoms with van der Waals surface area (Å²) in [5.74, 6) is 0. The molecule has 0 aliphatic rings. The first kappa shape index (κ1) is 7.31. The SMILES string of the molecule is CCC[B]c1cn(C)nn1. The summed E-state index contributed by atoms with van der Waals surface area (Å²) in [6.07, 6.45) is 4.16. The van der Waals surface area contributed by atoms with Crippen LogP contribution in [0, 0.1) is 0 Å². The van der Waals surface area contributed by atoms with Crippen LogP contribution in [0.5, 0.6) is 0 Å². The number of hydrogen-bond acceptors (Lipinski definition) is 2. The molecule has 1 aromatic heterocycles. The molecule has 0 aliphatic carbocycles. The van der Waals surface area contributed by atoms with Crippen molar-refractivity contribution in [2.75, 3.05) is 0 Å². The maximum Gasteiger partial charge on any atom is 0.182 e. The van der Waals surface area contributed by atoms with Crippen molar-refractivity contribution in [3.05, 3.63) is 6.20 Å². The van der Waals surface area contributed by atoms with E-state index in [1.54, 1.807) is 4.68 Å². The van der Waals surface area contributed by atoms with E-state index in [0.717, 1.165) is 18.3 Å². The second-order valence-electron chi connectivity index (χ2n) is 2.31. The molecule has 1 radical (unpaired) electrons. The number of aryl methyl sites for hydroxylation is 1. The van der Waals surface area contributed by atoms with Gasteiger partial charge in [-0.05, 0) is 0 Å². The monoisotopic (exact) mass is 136 g/mol. The fourth-order valence-electron chi connectivity index (χ4n) is 0.751. The normalized spacial score (nSPS) is 9.80. The van der Waals surface area contributed by atoms with Gasteiger partial charge in [0.05, 0.1) is 0 Å². The highest BCUT2D eigenvalue weighted by molar-refractivity contribution is 6.52.